The lowest BCUT2D eigenvalue weighted by Crippen LogP contribution is -2.66. The number of Topliss-reactive ketones (excluding diaryl/α,β-unsaturated/α-hetero) is 1. The first-order chi connectivity index (χ1) is 13.9. The molecule has 0 aromatic heterocycles. The fourth-order valence-electron chi connectivity index (χ4n) is 4.08. The highest BCUT2D eigenvalue weighted by molar-refractivity contribution is 6.13. The van der Waals surface area contributed by atoms with Crippen molar-refractivity contribution >= 4 is 17.8 Å². The van der Waals surface area contributed by atoms with Crippen LogP contribution in [-0.2, 0) is 20.9 Å². The van der Waals surface area contributed by atoms with E-state index in [1.807, 2.05) is 0 Å². The summed E-state index contributed by atoms with van der Waals surface area (Å²) < 4.78 is 47.9. The molecule has 0 radical (unpaired) electrons. The van der Waals surface area contributed by atoms with Crippen LogP contribution in [-0.4, -0.2) is 41.0 Å². The number of carbonyl (C=O) groups excluding carboxylic acids is 3. The Balaban J connectivity index is 2.19. The number of hydrogen-bond donors (Lipinski definition) is 1. The van der Waals surface area contributed by atoms with Gasteiger partial charge in [-0.05, 0) is 24.3 Å². The van der Waals surface area contributed by atoms with E-state index < -0.39 is 40.5 Å². The van der Waals surface area contributed by atoms with Gasteiger partial charge in [-0.1, -0.05) is 44.2 Å². The highest BCUT2D eigenvalue weighted by Crippen LogP contribution is 2.52. The van der Waals surface area contributed by atoms with Crippen molar-refractivity contribution in [2.24, 2.45) is 5.41 Å². The van der Waals surface area contributed by atoms with Crippen molar-refractivity contribution in [3.8, 4) is 0 Å². The van der Waals surface area contributed by atoms with E-state index in [0.29, 0.717) is 5.56 Å². The molecule has 2 amide bonds. The molecular formula is C21H23F3N2O4. The zero-order valence-electron chi connectivity index (χ0n) is 16.9. The predicted octanol–water partition coefficient (Wildman–Crippen LogP) is 3.72. The molecule has 1 aromatic rings. The van der Waals surface area contributed by atoms with Crippen LogP contribution in [0.3, 0.4) is 0 Å². The van der Waals surface area contributed by atoms with Crippen LogP contribution in [0.2, 0.25) is 0 Å². The van der Waals surface area contributed by atoms with Crippen LogP contribution in [0.5, 0.6) is 0 Å². The zero-order chi connectivity index (χ0) is 22.3. The van der Waals surface area contributed by atoms with Gasteiger partial charge in [-0.3, -0.25) is 14.9 Å². The number of amides is 2. The molecule has 0 spiro atoms. The lowest BCUT2D eigenvalue weighted by molar-refractivity contribution is -0.191. The second-order valence-electron chi connectivity index (χ2n) is 8.23. The minimum Gasteiger partial charge on any atom is -0.450 e. The first kappa shape index (κ1) is 21.9. The molecule has 2 aliphatic rings. The Morgan fingerprint density at radius 2 is 1.80 bits per heavy atom. The van der Waals surface area contributed by atoms with E-state index in [0.717, 1.165) is 4.90 Å². The quantitative estimate of drug-likeness (QED) is 0.800. The van der Waals surface area contributed by atoms with Gasteiger partial charge in [0, 0.05) is 12.1 Å². The fourth-order valence-corrected chi connectivity index (χ4v) is 4.08. The van der Waals surface area contributed by atoms with Gasteiger partial charge in [0.1, 0.15) is 0 Å². The predicted molar refractivity (Wildman–Crippen MR) is 101 cm³/mol. The average molecular weight is 424 g/mol. The molecule has 30 heavy (non-hydrogen) atoms. The van der Waals surface area contributed by atoms with Crippen LogP contribution in [0, 0.1) is 5.41 Å². The molecule has 1 atom stereocenters. The third kappa shape index (κ3) is 3.57. The number of nitrogens with zero attached hydrogens (tertiary/aromatic N) is 1. The summed E-state index contributed by atoms with van der Waals surface area (Å²) in [5.74, 6) is -2.21. The SMILES string of the molecule is CCOC(=O)N[C@]1(C(F)(F)F)C(=O)N(Cc2ccccc2)C2=C1C(=O)CC(C)(C)C2. The molecule has 0 bridgehead atoms. The standard InChI is InChI=1S/C21H23F3N2O4/c1-4-30-18(29)25-20(21(22,23)24)16-14(10-19(2,3)11-15(16)27)26(17(20)28)12-13-8-6-5-7-9-13/h5-9H,4,10-12H2,1-3H3,(H,25,29)/t20-/m0/s1. The van der Waals surface area contributed by atoms with Gasteiger partial charge in [-0.25, -0.2) is 4.79 Å². The average Bonchev–Trinajstić information content (AvgIpc) is 2.85. The third-order valence-corrected chi connectivity index (χ3v) is 5.29. The summed E-state index contributed by atoms with van der Waals surface area (Å²) in [6, 6.07) is 8.50. The number of alkyl carbamates (subject to hydrolysis) is 1. The van der Waals surface area contributed by atoms with Crippen LogP contribution in [0.4, 0.5) is 18.0 Å². The van der Waals surface area contributed by atoms with Gasteiger partial charge in [0.15, 0.2) is 5.78 Å². The van der Waals surface area contributed by atoms with Crippen molar-refractivity contribution < 1.29 is 32.3 Å². The van der Waals surface area contributed by atoms with Crippen molar-refractivity contribution in [3.63, 3.8) is 0 Å². The maximum Gasteiger partial charge on any atom is 0.425 e. The number of carbonyl (C=O) groups is 3. The molecule has 1 aliphatic carbocycles. The van der Waals surface area contributed by atoms with Gasteiger partial charge < -0.3 is 9.64 Å². The molecule has 0 unspecified atom stereocenters. The molecule has 6 nitrogen and oxygen atoms in total. The first-order valence-corrected chi connectivity index (χ1v) is 9.57. The van der Waals surface area contributed by atoms with E-state index in [-0.39, 0.29) is 31.7 Å². The third-order valence-electron chi connectivity index (χ3n) is 5.29. The number of rotatable bonds is 4. The summed E-state index contributed by atoms with van der Waals surface area (Å²) in [5, 5.41) is 1.70. The van der Waals surface area contributed by atoms with Crippen molar-refractivity contribution in [2.45, 2.75) is 51.9 Å². The fraction of sp³-hybridized carbons (Fsp3) is 0.476. The molecule has 1 aliphatic heterocycles. The number of hydrogen-bond acceptors (Lipinski definition) is 4. The Morgan fingerprint density at radius 3 is 2.37 bits per heavy atom. The highest BCUT2D eigenvalue weighted by Gasteiger charge is 2.71. The molecule has 162 valence electrons. The summed E-state index contributed by atoms with van der Waals surface area (Å²) >= 11 is 0. The van der Waals surface area contributed by atoms with Crippen molar-refractivity contribution in [1.29, 1.82) is 0 Å². The van der Waals surface area contributed by atoms with Gasteiger partial charge in [0.2, 0.25) is 5.54 Å². The van der Waals surface area contributed by atoms with Crippen LogP contribution in [0.25, 0.3) is 0 Å². The highest BCUT2D eigenvalue weighted by atomic mass is 19.4. The van der Waals surface area contributed by atoms with Crippen molar-refractivity contribution in [2.75, 3.05) is 6.61 Å². The Labute approximate surface area is 172 Å². The van der Waals surface area contributed by atoms with Crippen LogP contribution in [0.1, 0.15) is 39.2 Å². The largest absolute Gasteiger partial charge is 0.450 e. The van der Waals surface area contributed by atoms with Crippen molar-refractivity contribution in [3.05, 3.63) is 47.2 Å². The maximum absolute atomic E-state index is 14.4. The van der Waals surface area contributed by atoms with E-state index >= 15 is 0 Å². The number of benzene rings is 1. The lowest BCUT2D eigenvalue weighted by atomic mass is 9.72. The van der Waals surface area contributed by atoms with Gasteiger partial charge in [-0.2, -0.15) is 13.2 Å². The second-order valence-corrected chi connectivity index (χ2v) is 8.23. The van der Waals surface area contributed by atoms with Gasteiger partial charge in [-0.15, -0.1) is 0 Å². The van der Waals surface area contributed by atoms with E-state index in [4.69, 9.17) is 0 Å². The lowest BCUT2D eigenvalue weighted by Gasteiger charge is -2.35. The number of ether oxygens (including phenoxy) is 1. The Bertz CT molecular complexity index is 909. The van der Waals surface area contributed by atoms with E-state index in [9.17, 15) is 27.6 Å². The molecule has 1 N–H and O–H groups in total. The number of allylic oxidation sites excluding steroid dienone is 1. The van der Waals surface area contributed by atoms with E-state index in [1.54, 1.807) is 49.5 Å². The van der Waals surface area contributed by atoms with Crippen LogP contribution in [0.15, 0.2) is 41.6 Å². The molecule has 0 saturated heterocycles. The van der Waals surface area contributed by atoms with Crippen molar-refractivity contribution in [1.82, 2.24) is 10.2 Å². The Kier molecular flexibility index (Phi) is 5.43. The minimum atomic E-state index is -5.24. The van der Waals surface area contributed by atoms with Gasteiger partial charge >= 0.3 is 12.3 Å². The first-order valence-electron chi connectivity index (χ1n) is 9.57. The summed E-state index contributed by atoms with van der Waals surface area (Å²) in [6.45, 7) is 4.61. The summed E-state index contributed by atoms with van der Waals surface area (Å²) in [4.78, 5) is 39.2. The Morgan fingerprint density at radius 1 is 1.17 bits per heavy atom. The minimum absolute atomic E-state index is 0.000716. The Hall–Kier alpha value is -2.84. The molecule has 9 heteroatoms. The summed E-state index contributed by atoms with van der Waals surface area (Å²) in [5.41, 5.74) is -4.20. The molecule has 1 aromatic carbocycles. The zero-order valence-corrected chi connectivity index (χ0v) is 16.9. The van der Waals surface area contributed by atoms with E-state index in [2.05, 4.69) is 4.74 Å². The van der Waals surface area contributed by atoms with Crippen LogP contribution >= 0.6 is 0 Å². The number of alkyl halides is 3. The topological polar surface area (TPSA) is 75.7 Å². The molecule has 1 heterocycles. The smallest absolute Gasteiger partial charge is 0.425 e. The van der Waals surface area contributed by atoms with Crippen LogP contribution < -0.4 is 5.32 Å². The second kappa shape index (κ2) is 7.45. The molecule has 0 fully saturated rings. The summed E-state index contributed by atoms with van der Waals surface area (Å²) in [6.07, 6.45) is -6.72. The molecule has 0 saturated carbocycles. The number of halogens is 3. The monoisotopic (exact) mass is 424 g/mol. The molecule has 3 rings (SSSR count). The summed E-state index contributed by atoms with van der Waals surface area (Å²) in [7, 11) is 0. The van der Waals surface area contributed by atoms with Gasteiger partial charge in [0.25, 0.3) is 5.91 Å². The van der Waals surface area contributed by atoms with Gasteiger partial charge in [0.05, 0.1) is 18.7 Å². The number of ketones is 1. The molecular weight excluding hydrogens is 401 g/mol. The number of nitrogens with one attached hydrogen (secondary N) is 1. The normalized spacial score (nSPS) is 23.5. The maximum atomic E-state index is 14.4. The van der Waals surface area contributed by atoms with E-state index in [1.165, 1.54) is 6.92 Å².